The van der Waals surface area contributed by atoms with Crippen LogP contribution in [0.1, 0.15) is 55.2 Å². The zero-order valence-corrected chi connectivity index (χ0v) is 18.0. The number of rotatable bonds is 5. The molecule has 0 atom stereocenters. The van der Waals surface area contributed by atoms with Gasteiger partial charge in [0.15, 0.2) is 0 Å². The van der Waals surface area contributed by atoms with Gasteiger partial charge in [0.05, 0.1) is 18.2 Å². The summed E-state index contributed by atoms with van der Waals surface area (Å²) in [4.78, 5) is 41.5. The molecule has 0 aliphatic carbocycles. The standard InChI is InChI=1S/C22H29N3O5/c1-22(2,3)30-21(28)23-11-6-9-18(26)25-12-10-17-16(13-25)14-7-5-8-15(19(14)24-17)20(27)29-4/h5,7-8,24H,6,9-13H2,1-4H3,(H,23,28). The second-order valence-electron chi connectivity index (χ2n) is 8.40. The third-order valence-electron chi connectivity index (χ3n) is 5.00. The molecule has 3 rings (SSSR count). The number of aromatic nitrogens is 1. The van der Waals surface area contributed by atoms with Crippen molar-refractivity contribution >= 4 is 28.9 Å². The maximum atomic E-state index is 12.7. The van der Waals surface area contributed by atoms with Crippen LogP contribution in [0.3, 0.4) is 0 Å². The Hall–Kier alpha value is -3.03. The monoisotopic (exact) mass is 415 g/mol. The fourth-order valence-electron chi connectivity index (χ4n) is 3.63. The minimum atomic E-state index is -0.543. The number of para-hydroxylation sites is 1. The average Bonchev–Trinajstić information content (AvgIpc) is 3.07. The van der Waals surface area contributed by atoms with E-state index in [4.69, 9.17) is 9.47 Å². The van der Waals surface area contributed by atoms with E-state index >= 15 is 0 Å². The molecule has 2 amide bonds. The highest BCUT2D eigenvalue weighted by Gasteiger charge is 2.25. The highest BCUT2D eigenvalue weighted by Crippen LogP contribution is 2.30. The SMILES string of the molecule is COC(=O)c1cccc2c3c([nH]c12)CCN(C(=O)CCCNC(=O)OC(C)(C)C)C3. The lowest BCUT2D eigenvalue weighted by Gasteiger charge is -2.27. The Morgan fingerprint density at radius 1 is 1.23 bits per heavy atom. The number of ether oxygens (including phenoxy) is 2. The van der Waals surface area contributed by atoms with E-state index < -0.39 is 11.7 Å². The van der Waals surface area contributed by atoms with Gasteiger partial charge in [-0.05, 0) is 33.3 Å². The molecule has 0 bridgehead atoms. The van der Waals surface area contributed by atoms with Crippen molar-refractivity contribution in [3.63, 3.8) is 0 Å². The van der Waals surface area contributed by atoms with Crippen molar-refractivity contribution in [3.05, 3.63) is 35.0 Å². The first kappa shape index (κ1) is 21.7. The van der Waals surface area contributed by atoms with E-state index in [1.807, 2.05) is 17.0 Å². The molecule has 1 aliphatic rings. The number of fused-ring (bicyclic) bond motifs is 3. The van der Waals surface area contributed by atoms with Crippen LogP contribution in [0.5, 0.6) is 0 Å². The summed E-state index contributed by atoms with van der Waals surface area (Å²) in [6.07, 6.45) is 1.12. The summed E-state index contributed by atoms with van der Waals surface area (Å²) in [5.41, 5.74) is 2.80. The van der Waals surface area contributed by atoms with Crippen LogP contribution in [0.25, 0.3) is 10.9 Å². The molecule has 30 heavy (non-hydrogen) atoms. The van der Waals surface area contributed by atoms with Gasteiger partial charge in [-0.25, -0.2) is 9.59 Å². The lowest BCUT2D eigenvalue weighted by atomic mass is 10.0. The highest BCUT2D eigenvalue weighted by atomic mass is 16.6. The van der Waals surface area contributed by atoms with Crippen LogP contribution >= 0.6 is 0 Å². The summed E-state index contributed by atoms with van der Waals surface area (Å²) < 4.78 is 10.1. The number of nitrogens with one attached hydrogen (secondary N) is 2. The van der Waals surface area contributed by atoms with Crippen LogP contribution in [0, 0.1) is 0 Å². The number of carbonyl (C=O) groups is 3. The number of amides is 2. The van der Waals surface area contributed by atoms with Crippen molar-refractivity contribution in [1.29, 1.82) is 0 Å². The van der Waals surface area contributed by atoms with E-state index in [1.54, 1.807) is 26.8 Å². The van der Waals surface area contributed by atoms with Gasteiger partial charge in [-0.3, -0.25) is 4.79 Å². The van der Waals surface area contributed by atoms with E-state index in [1.165, 1.54) is 7.11 Å². The van der Waals surface area contributed by atoms with Crippen LogP contribution in [-0.2, 0) is 27.2 Å². The fraction of sp³-hybridized carbons (Fsp3) is 0.500. The van der Waals surface area contributed by atoms with Crippen molar-refractivity contribution in [2.24, 2.45) is 0 Å². The van der Waals surface area contributed by atoms with Crippen molar-refractivity contribution in [2.75, 3.05) is 20.2 Å². The lowest BCUT2D eigenvalue weighted by Crippen LogP contribution is -2.36. The predicted molar refractivity (Wildman–Crippen MR) is 112 cm³/mol. The van der Waals surface area contributed by atoms with Gasteiger partial charge in [-0.2, -0.15) is 0 Å². The Kier molecular flexibility index (Phi) is 6.34. The minimum absolute atomic E-state index is 0.0464. The fourth-order valence-corrected chi connectivity index (χ4v) is 3.63. The summed E-state index contributed by atoms with van der Waals surface area (Å²) in [6, 6.07) is 5.51. The summed E-state index contributed by atoms with van der Waals surface area (Å²) >= 11 is 0. The molecule has 8 nitrogen and oxygen atoms in total. The average molecular weight is 415 g/mol. The Morgan fingerprint density at radius 3 is 2.70 bits per heavy atom. The second kappa shape index (κ2) is 8.77. The van der Waals surface area contributed by atoms with Crippen molar-refractivity contribution in [3.8, 4) is 0 Å². The zero-order chi connectivity index (χ0) is 21.9. The molecule has 0 saturated carbocycles. The molecule has 162 valence electrons. The molecular formula is C22H29N3O5. The quantitative estimate of drug-likeness (QED) is 0.577. The van der Waals surface area contributed by atoms with Gasteiger partial charge < -0.3 is 24.7 Å². The number of hydrogen-bond acceptors (Lipinski definition) is 5. The number of esters is 1. The first-order valence-corrected chi connectivity index (χ1v) is 10.1. The minimum Gasteiger partial charge on any atom is -0.465 e. The van der Waals surface area contributed by atoms with E-state index in [9.17, 15) is 14.4 Å². The number of methoxy groups -OCH3 is 1. The van der Waals surface area contributed by atoms with Gasteiger partial charge in [0.2, 0.25) is 5.91 Å². The van der Waals surface area contributed by atoms with Crippen LogP contribution in [-0.4, -0.2) is 53.7 Å². The second-order valence-corrected chi connectivity index (χ2v) is 8.40. The van der Waals surface area contributed by atoms with Crippen LogP contribution < -0.4 is 5.32 Å². The summed E-state index contributed by atoms with van der Waals surface area (Å²) in [6.45, 7) is 6.91. The number of nitrogens with zero attached hydrogens (tertiary/aromatic N) is 1. The first-order chi connectivity index (χ1) is 14.2. The number of benzene rings is 1. The largest absolute Gasteiger partial charge is 0.465 e. The Morgan fingerprint density at radius 2 is 2.00 bits per heavy atom. The number of H-pyrrole nitrogens is 1. The van der Waals surface area contributed by atoms with Crippen LogP contribution in [0.2, 0.25) is 0 Å². The third kappa shape index (κ3) is 4.93. The molecule has 2 aromatic rings. The topological polar surface area (TPSA) is 101 Å². The molecule has 8 heteroatoms. The number of aromatic amines is 1. The molecule has 0 saturated heterocycles. The molecule has 2 heterocycles. The maximum absolute atomic E-state index is 12.7. The molecular weight excluding hydrogens is 386 g/mol. The maximum Gasteiger partial charge on any atom is 0.407 e. The number of hydrogen-bond donors (Lipinski definition) is 2. The predicted octanol–water partition coefficient (Wildman–Crippen LogP) is 3.14. The van der Waals surface area contributed by atoms with Gasteiger partial charge in [0, 0.05) is 49.1 Å². The van der Waals surface area contributed by atoms with Crippen molar-refractivity contribution in [2.45, 2.75) is 52.2 Å². The molecule has 0 unspecified atom stereocenters. The van der Waals surface area contributed by atoms with Gasteiger partial charge in [0.1, 0.15) is 5.60 Å². The Labute approximate surface area is 175 Å². The summed E-state index contributed by atoms with van der Waals surface area (Å²) in [5.74, 6) is -0.338. The summed E-state index contributed by atoms with van der Waals surface area (Å²) in [7, 11) is 1.36. The van der Waals surface area contributed by atoms with Crippen molar-refractivity contribution < 1.29 is 23.9 Å². The summed E-state index contributed by atoms with van der Waals surface area (Å²) in [5, 5.41) is 3.62. The van der Waals surface area contributed by atoms with E-state index in [2.05, 4.69) is 10.3 Å². The van der Waals surface area contributed by atoms with Gasteiger partial charge in [0.25, 0.3) is 0 Å². The van der Waals surface area contributed by atoms with Gasteiger partial charge in [-0.1, -0.05) is 12.1 Å². The van der Waals surface area contributed by atoms with E-state index in [0.717, 1.165) is 22.2 Å². The van der Waals surface area contributed by atoms with Crippen LogP contribution in [0.15, 0.2) is 18.2 Å². The zero-order valence-electron chi connectivity index (χ0n) is 18.0. The lowest BCUT2D eigenvalue weighted by molar-refractivity contribution is -0.132. The first-order valence-electron chi connectivity index (χ1n) is 10.1. The molecule has 0 spiro atoms. The molecule has 0 fully saturated rings. The molecule has 0 radical (unpaired) electrons. The van der Waals surface area contributed by atoms with E-state index in [0.29, 0.717) is 44.5 Å². The molecule has 1 aromatic heterocycles. The Balaban J connectivity index is 1.59. The Bertz CT molecular complexity index is 958. The number of carbonyl (C=O) groups excluding carboxylic acids is 3. The number of alkyl carbamates (subject to hydrolysis) is 1. The smallest absolute Gasteiger partial charge is 0.407 e. The van der Waals surface area contributed by atoms with Crippen molar-refractivity contribution in [1.82, 2.24) is 15.2 Å². The van der Waals surface area contributed by atoms with Crippen LogP contribution in [0.4, 0.5) is 4.79 Å². The molecule has 1 aliphatic heterocycles. The van der Waals surface area contributed by atoms with Gasteiger partial charge >= 0.3 is 12.1 Å². The van der Waals surface area contributed by atoms with Gasteiger partial charge in [-0.15, -0.1) is 0 Å². The highest BCUT2D eigenvalue weighted by molar-refractivity contribution is 6.04. The normalized spacial score (nSPS) is 13.7. The van der Waals surface area contributed by atoms with E-state index in [-0.39, 0.29) is 11.9 Å². The molecule has 2 N–H and O–H groups in total. The molecule has 1 aromatic carbocycles. The third-order valence-corrected chi connectivity index (χ3v) is 5.00.